The Morgan fingerprint density at radius 2 is 1.83 bits per heavy atom. The number of rotatable bonds is 5. The third-order valence-electron chi connectivity index (χ3n) is 4.87. The van der Waals surface area contributed by atoms with Gasteiger partial charge < -0.3 is 9.30 Å². The number of aromatic nitrogens is 1. The fourth-order valence-corrected chi connectivity index (χ4v) is 3.34. The zero-order chi connectivity index (χ0) is 21.1. The van der Waals surface area contributed by atoms with Gasteiger partial charge in [0.1, 0.15) is 5.75 Å². The van der Waals surface area contributed by atoms with Crippen LogP contribution in [-0.2, 0) is 0 Å². The van der Waals surface area contributed by atoms with Gasteiger partial charge in [-0.2, -0.15) is 5.26 Å². The summed E-state index contributed by atoms with van der Waals surface area (Å²) in [7, 11) is 1.49. The summed E-state index contributed by atoms with van der Waals surface area (Å²) >= 11 is 0. The monoisotopic (exact) mass is 387 g/mol. The molecule has 6 nitrogen and oxygen atoms in total. The molecule has 0 N–H and O–H groups in total. The molecule has 0 unspecified atom stereocenters. The first-order valence-electron chi connectivity index (χ1n) is 9.06. The highest BCUT2D eigenvalue weighted by Gasteiger charge is 2.17. The summed E-state index contributed by atoms with van der Waals surface area (Å²) in [5.41, 5.74) is 5.99. The van der Waals surface area contributed by atoms with Gasteiger partial charge in [0.2, 0.25) is 0 Å². The minimum absolute atomic E-state index is 0.0284. The molecule has 0 amide bonds. The predicted octanol–water partition coefficient (Wildman–Crippen LogP) is 5.38. The number of ether oxygens (including phenoxy) is 1. The van der Waals surface area contributed by atoms with Crippen LogP contribution in [0, 0.1) is 42.2 Å². The first-order chi connectivity index (χ1) is 13.8. The molecule has 2 aromatic carbocycles. The Labute approximate surface area is 169 Å². The van der Waals surface area contributed by atoms with Crippen molar-refractivity contribution in [1.29, 1.82) is 5.26 Å². The van der Waals surface area contributed by atoms with Crippen LogP contribution in [0.3, 0.4) is 0 Å². The lowest BCUT2D eigenvalue weighted by molar-refractivity contribution is -0.384. The Hall–Kier alpha value is -3.85. The van der Waals surface area contributed by atoms with E-state index in [-0.39, 0.29) is 5.69 Å². The Morgan fingerprint density at radius 1 is 1.14 bits per heavy atom. The SMILES string of the molecule is COc1cc([N+](=O)[O-])ccc1-n1c(C)cc(/C=C(/C#N)c2ccc(C)cc2)c1C. The quantitative estimate of drug-likeness (QED) is 0.334. The van der Waals surface area contributed by atoms with Crippen molar-refractivity contribution in [2.75, 3.05) is 7.11 Å². The predicted molar refractivity (Wildman–Crippen MR) is 113 cm³/mol. The highest BCUT2D eigenvalue weighted by molar-refractivity contribution is 5.90. The van der Waals surface area contributed by atoms with Crippen molar-refractivity contribution in [2.45, 2.75) is 20.8 Å². The number of hydrogen-bond acceptors (Lipinski definition) is 4. The van der Waals surface area contributed by atoms with Crippen LogP contribution in [0.5, 0.6) is 5.75 Å². The third-order valence-corrected chi connectivity index (χ3v) is 4.87. The molecule has 1 heterocycles. The third kappa shape index (κ3) is 3.90. The number of benzene rings is 2. The molecule has 0 saturated carbocycles. The number of aryl methyl sites for hydroxylation is 2. The average molecular weight is 387 g/mol. The van der Waals surface area contributed by atoms with Crippen LogP contribution in [0.2, 0.25) is 0 Å². The summed E-state index contributed by atoms with van der Waals surface area (Å²) in [6.45, 7) is 5.90. The summed E-state index contributed by atoms with van der Waals surface area (Å²) in [6.07, 6.45) is 1.86. The van der Waals surface area contributed by atoms with Crippen molar-refractivity contribution >= 4 is 17.3 Å². The maximum Gasteiger partial charge on any atom is 0.273 e. The van der Waals surface area contributed by atoms with Crippen molar-refractivity contribution in [1.82, 2.24) is 4.57 Å². The van der Waals surface area contributed by atoms with Gasteiger partial charge in [-0.1, -0.05) is 29.8 Å². The van der Waals surface area contributed by atoms with Gasteiger partial charge in [-0.15, -0.1) is 0 Å². The van der Waals surface area contributed by atoms with Crippen LogP contribution in [0.15, 0.2) is 48.5 Å². The average Bonchev–Trinajstić information content (AvgIpc) is 2.99. The van der Waals surface area contributed by atoms with Crippen LogP contribution in [0.1, 0.15) is 28.1 Å². The number of methoxy groups -OCH3 is 1. The number of hydrogen-bond donors (Lipinski definition) is 0. The second-order valence-corrected chi connectivity index (χ2v) is 6.81. The van der Waals surface area contributed by atoms with Gasteiger partial charge in [0, 0.05) is 17.5 Å². The molecule has 1 aromatic heterocycles. The van der Waals surface area contributed by atoms with E-state index in [1.54, 1.807) is 6.07 Å². The topological polar surface area (TPSA) is 81.1 Å². The van der Waals surface area contributed by atoms with E-state index in [0.29, 0.717) is 17.0 Å². The van der Waals surface area contributed by atoms with Gasteiger partial charge in [-0.05, 0) is 50.1 Å². The molecule has 0 bridgehead atoms. The lowest BCUT2D eigenvalue weighted by Gasteiger charge is -2.14. The molecule has 146 valence electrons. The number of nitro groups is 1. The molecule has 0 fully saturated rings. The normalized spacial score (nSPS) is 11.2. The first-order valence-corrected chi connectivity index (χ1v) is 9.06. The van der Waals surface area contributed by atoms with Crippen molar-refractivity contribution < 1.29 is 9.66 Å². The summed E-state index contributed by atoms with van der Waals surface area (Å²) in [5.74, 6) is 0.413. The second-order valence-electron chi connectivity index (χ2n) is 6.81. The summed E-state index contributed by atoms with van der Waals surface area (Å²) < 4.78 is 7.37. The van der Waals surface area contributed by atoms with Crippen LogP contribution in [-0.4, -0.2) is 16.6 Å². The van der Waals surface area contributed by atoms with Gasteiger partial charge in [0.15, 0.2) is 0 Å². The fourth-order valence-electron chi connectivity index (χ4n) is 3.34. The summed E-state index contributed by atoms with van der Waals surface area (Å²) in [4.78, 5) is 10.6. The molecular formula is C23H21N3O3. The highest BCUT2D eigenvalue weighted by Crippen LogP contribution is 2.32. The Kier molecular flexibility index (Phi) is 5.51. The van der Waals surface area contributed by atoms with E-state index in [1.807, 2.05) is 61.7 Å². The molecule has 0 aliphatic rings. The van der Waals surface area contributed by atoms with Crippen LogP contribution in [0.4, 0.5) is 5.69 Å². The zero-order valence-electron chi connectivity index (χ0n) is 16.8. The minimum Gasteiger partial charge on any atom is -0.494 e. The van der Waals surface area contributed by atoms with Gasteiger partial charge in [-0.3, -0.25) is 10.1 Å². The van der Waals surface area contributed by atoms with Crippen molar-refractivity contribution in [2.24, 2.45) is 0 Å². The van der Waals surface area contributed by atoms with E-state index < -0.39 is 4.92 Å². The van der Waals surface area contributed by atoms with E-state index in [0.717, 1.165) is 28.1 Å². The van der Waals surface area contributed by atoms with E-state index >= 15 is 0 Å². The Morgan fingerprint density at radius 3 is 2.41 bits per heavy atom. The molecule has 6 heteroatoms. The van der Waals surface area contributed by atoms with E-state index in [9.17, 15) is 15.4 Å². The van der Waals surface area contributed by atoms with Crippen LogP contribution in [0.25, 0.3) is 17.3 Å². The molecule has 0 aliphatic heterocycles. The van der Waals surface area contributed by atoms with Crippen molar-refractivity contribution in [3.8, 4) is 17.5 Å². The number of non-ortho nitro benzene ring substituents is 1. The first kappa shape index (κ1) is 19.9. The largest absolute Gasteiger partial charge is 0.494 e. The smallest absolute Gasteiger partial charge is 0.273 e. The second kappa shape index (κ2) is 8.03. The van der Waals surface area contributed by atoms with E-state index in [1.165, 1.54) is 19.2 Å². The maximum atomic E-state index is 11.1. The maximum absolute atomic E-state index is 11.1. The highest BCUT2D eigenvalue weighted by atomic mass is 16.6. The Balaban J connectivity index is 2.11. The molecular weight excluding hydrogens is 366 g/mol. The number of allylic oxidation sites excluding steroid dienone is 1. The van der Waals surface area contributed by atoms with Gasteiger partial charge in [0.05, 0.1) is 35.4 Å². The van der Waals surface area contributed by atoms with Crippen molar-refractivity contribution in [3.63, 3.8) is 0 Å². The van der Waals surface area contributed by atoms with E-state index in [2.05, 4.69) is 6.07 Å². The van der Waals surface area contributed by atoms with Crippen molar-refractivity contribution in [3.05, 3.63) is 86.7 Å². The van der Waals surface area contributed by atoms with Crippen LogP contribution < -0.4 is 4.74 Å². The van der Waals surface area contributed by atoms with Gasteiger partial charge in [-0.25, -0.2) is 0 Å². The zero-order valence-corrected chi connectivity index (χ0v) is 16.8. The standard InChI is InChI=1S/C23H21N3O3/c1-15-5-7-18(8-6-15)20(14-24)12-19-11-16(2)25(17(19)3)22-10-9-21(26(27)28)13-23(22)29-4/h5-13H,1-4H3/b20-12-. The van der Waals surface area contributed by atoms with Crippen LogP contribution >= 0.6 is 0 Å². The van der Waals surface area contributed by atoms with Gasteiger partial charge in [0.25, 0.3) is 5.69 Å². The molecule has 3 rings (SSSR count). The molecule has 0 saturated heterocycles. The minimum atomic E-state index is -0.448. The lowest BCUT2D eigenvalue weighted by atomic mass is 10.0. The lowest BCUT2D eigenvalue weighted by Crippen LogP contribution is -2.03. The number of nitro benzene ring substituents is 1. The van der Waals surface area contributed by atoms with E-state index in [4.69, 9.17) is 4.74 Å². The molecule has 29 heavy (non-hydrogen) atoms. The van der Waals surface area contributed by atoms with Gasteiger partial charge >= 0.3 is 0 Å². The molecule has 0 spiro atoms. The molecule has 3 aromatic rings. The molecule has 0 atom stereocenters. The molecule has 0 radical (unpaired) electrons. The number of nitriles is 1. The summed E-state index contributed by atoms with van der Waals surface area (Å²) in [6, 6.07) is 16.6. The fraction of sp³-hybridized carbons (Fsp3) is 0.174. The Bertz CT molecular complexity index is 1150. The summed E-state index contributed by atoms with van der Waals surface area (Å²) in [5, 5.41) is 20.7. The molecule has 0 aliphatic carbocycles. The number of nitrogens with zero attached hydrogens (tertiary/aromatic N) is 3.